The molecular formula is C19H24N4O. The Hall–Kier alpha value is -2.40. The molecule has 0 radical (unpaired) electrons. The Morgan fingerprint density at radius 1 is 1.08 bits per heavy atom. The van der Waals surface area contributed by atoms with Gasteiger partial charge < -0.3 is 15.1 Å². The van der Waals surface area contributed by atoms with Crippen molar-refractivity contribution in [3.63, 3.8) is 0 Å². The molecule has 0 bridgehead atoms. The van der Waals surface area contributed by atoms with Gasteiger partial charge in [0.05, 0.1) is 11.9 Å². The zero-order chi connectivity index (χ0) is 16.8. The number of hydrogen-bond acceptors (Lipinski definition) is 4. The van der Waals surface area contributed by atoms with E-state index < -0.39 is 0 Å². The number of benzene rings is 1. The SMILES string of the molecule is CN1CCN(c2ccc(C(=O)NCCc3ccccc3)nc2)CC1. The van der Waals surface area contributed by atoms with Crippen LogP contribution >= 0.6 is 0 Å². The van der Waals surface area contributed by atoms with Gasteiger partial charge in [-0.2, -0.15) is 0 Å². The van der Waals surface area contributed by atoms with E-state index in [1.807, 2.05) is 30.3 Å². The first kappa shape index (κ1) is 16.5. The molecule has 1 N–H and O–H groups in total. The van der Waals surface area contributed by atoms with Gasteiger partial charge >= 0.3 is 0 Å². The van der Waals surface area contributed by atoms with Crippen LogP contribution in [-0.4, -0.2) is 55.6 Å². The molecule has 5 heteroatoms. The van der Waals surface area contributed by atoms with Crippen LogP contribution in [0.3, 0.4) is 0 Å². The fraction of sp³-hybridized carbons (Fsp3) is 0.368. The first-order valence-corrected chi connectivity index (χ1v) is 8.44. The Bertz CT molecular complexity index is 649. The van der Waals surface area contributed by atoms with Crippen molar-refractivity contribution in [1.82, 2.24) is 15.2 Å². The molecule has 1 aliphatic rings. The van der Waals surface area contributed by atoms with Gasteiger partial charge in [0, 0.05) is 32.7 Å². The number of nitrogens with zero attached hydrogens (tertiary/aromatic N) is 3. The van der Waals surface area contributed by atoms with E-state index in [1.54, 1.807) is 6.20 Å². The van der Waals surface area contributed by atoms with Crippen molar-refractivity contribution in [3.05, 3.63) is 59.9 Å². The predicted octanol–water partition coefficient (Wildman–Crippen LogP) is 1.81. The van der Waals surface area contributed by atoms with Gasteiger partial charge in [-0.15, -0.1) is 0 Å². The number of aromatic nitrogens is 1. The quantitative estimate of drug-likeness (QED) is 0.911. The van der Waals surface area contributed by atoms with E-state index in [0.29, 0.717) is 12.2 Å². The molecule has 24 heavy (non-hydrogen) atoms. The molecule has 1 saturated heterocycles. The summed E-state index contributed by atoms with van der Waals surface area (Å²) >= 11 is 0. The molecule has 0 atom stereocenters. The molecular weight excluding hydrogens is 300 g/mol. The van der Waals surface area contributed by atoms with Gasteiger partial charge in [-0.1, -0.05) is 30.3 Å². The number of carbonyl (C=O) groups excluding carboxylic acids is 1. The Labute approximate surface area is 143 Å². The molecule has 0 aliphatic carbocycles. The number of piperazine rings is 1. The number of nitrogens with one attached hydrogen (secondary N) is 1. The minimum atomic E-state index is -0.115. The van der Waals surface area contributed by atoms with Crippen LogP contribution in [0.25, 0.3) is 0 Å². The number of likely N-dealkylation sites (N-methyl/N-ethyl adjacent to an activating group) is 1. The minimum absolute atomic E-state index is 0.115. The third-order valence-corrected chi connectivity index (χ3v) is 4.39. The lowest BCUT2D eigenvalue weighted by atomic mass is 10.1. The molecule has 0 unspecified atom stereocenters. The van der Waals surface area contributed by atoms with Crippen molar-refractivity contribution in [3.8, 4) is 0 Å². The summed E-state index contributed by atoms with van der Waals surface area (Å²) in [7, 11) is 2.14. The van der Waals surface area contributed by atoms with Crippen molar-refractivity contribution in [2.75, 3.05) is 44.7 Å². The standard InChI is InChI=1S/C19H24N4O/c1-22-11-13-23(14-12-22)17-7-8-18(21-15-17)19(24)20-10-9-16-5-3-2-4-6-16/h2-8,15H,9-14H2,1H3,(H,20,24). The van der Waals surface area contributed by atoms with Gasteiger partial charge in [0.25, 0.3) is 5.91 Å². The van der Waals surface area contributed by atoms with Crippen LogP contribution in [0.2, 0.25) is 0 Å². The summed E-state index contributed by atoms with van der Waals surface area (Å²) in [4.78, 5) is 21.1. The first-order chi connectivity index (χ1) is 11.7. The van der Waals surface area contributed by atoms with Gasteiger partial charge in [-0.05, 0) is 31.2 Å². The molecule has 2 aromatic rings. The summed E-state index contributed by atoms with van der Waals surface area (Å²) in [5.41, 5.74) is 2.78. The molecule has 1 fully saturated rings. The summed E-state index contributed by atoms with van der Waals surface area (Å²) in [5, 5.41) is 2.93. The number of amides is 1. The van der Waals surface area contributed by atoms with Crippen LogP contribution in [0.5, 0.6) is 0 Å². The zero-order valence-corrected chi connectivity index (χ0v) is 14.1. The lowest BCUT2D eigenvalue weighted by molar-refractivity contribution is 0.0949. The first-order valence-electron chi connectivity index (χ1n) is 8.44. The van der Waals surface area contributed by atoms with Crippen LogP contribution in [0.1, 0.15) is 16.1 Å². The molecule has 1 aliphatic heterocycles. The molecule has 126 valence electrons. The highest BCUT2D eigenvalue weighted by atomic mass is 16.1. The fourth-order valence-corrected chi connectivity index (χ4v) is 2.83. The second-order valence-electron chi connectivity index (χ2n) is 6.18. The third-order valence-electron chi connectivity index (χ3n) is 4.39. The summed E-state index contributed by atoms with van der Waals surface area (Å²) < 4.78 is 0. The van der Waals surface area contributed by atoms with E-state index in [9.17, 15) is 4.79 Å². The van der Waals surface area contributed by atoms with Crippen molar-refractivity contribution >= 4 is 11.6 Å². The maximum Gasteiger partial charge on any atom is 0.269 e. The molecule has 1 amide bonds. The molecule has 0 saturated carbocycles. The zero-order valence-electron chi connectivity index (χ0n) is 14.1. The van der Waals surface area contributed by atoms with Gasteiger partial charge in [0.15, 0.2) is 0 Å². The normalized spacial score (nSPS) is 15.3. The second kappa shape index (κ2) is 7.93. The number of rotatable bonds is 5. The summed E-state index contributed by atoms with van der Waals surface area (Å²) in [6.07, 6.45) is 2.63. The van der Waals surface area contributed by atoms with Crippen LogP contribution in [-0.2, 0) is 6.42 Å². The largest absolute Gasteiger partial charge is 0.368 e. The van der Waals surface area contributed by atoms with E-state index in [4.69, 9.17) is 0 Å². The molecule has 3 rings (SSSR count). The summed E-state index contributed by atoms with van der Waals surface area (Å²) in [6, 6.07) is 13.9. The average Bonchev–Trinajstić information content (AvgIpc) is 2.63. The molecule has 0 spiro atoms. The Morgan fingerprint density at radius 3 is 2.50 bits per heavy atom. The number of pyridine rings is 1. The van der Waals surface area contributed by atoms with E-state index in [1.165, 1.54) is 5.56 Å². The number of carbonyl (C=O) groups is 1. The molecule has 2 heterocycles. The topological polar surface area (TPSA) is 48.5 Å². The highest BCUT2D eigenvalue weighted by Gasteiger charge is 2.15. The summed E-state index contributed by atoms with van der Waals surface area (Å²) in [6.45, 7) is 4.73. The lowest BCUT2D eigenvalue weighted by Crippen LogP contribution is -2.44. The van der Waals surface area contributed by atoms with E-state index in [0.717, 1.165) is 38.3 Å². The van der Waals surface area contributed by atoms with E-state index in [2.05, 4.69) is 39.3 Å². The maximum atomic E-state index is 12.2. The van der Waals surface area contributed by atoms with Crippen LogP contribution in [0.4, 0.5) is 5.69 Å². The van der Waals surface area contributed by atoms with Crippen molar-refractivity contribution in [2.24, 2.45) is 0 Å². The molecule has 1 aromatic heterocycles. The number of hydrogen-bond donors (Lipinski definition) is 1. The van der Waals surface area contributed by atoms with Crippen LogP contribution in [0, 0.1) is 0 Å². The number of anilines is 1. The van der Waals surface area contributed by atoms with Gasteiger partial charge in [-0.25, -0.2) is 4.98 Å². The Kier molecular flexibility index (Phi) is 5.43. The highest BCUT2D eigenvalue weighted by Crippen LogP contribution is 2.15. The fourth-order valence-electron chi connectivity index (χ4n) is 2.83. The highest BCUT2D eigenvalue weighted by molar-refractivity contribution is 5.92. The average molecular weight is 324 g/mol. The van der Waals surface area contributed by atoms with Gasteiger partial charge in [0.1, 0.15) is 5.69 Å². The van der Waals surface area contributed by atoms with Crippen molar-refractivity contribution in [2.45, 2.75) is 6.42 Å². The Morgan fingerprint density at radius 2 is 1.83 bits per heavy atom. The van der Waals surface area contributed by atoms with Gasteiger partial charge in [-0.3, -0.25) is 4.79 Å². The van der Waals surface area contributed by atoms with E-state index in [-0.39, 0.29) is 5.91 Å². The minimum Gasteiger partial charge on any atom is -0.368 e. The van der Waals surface area contributed by atoms with Crippen LogP contribution in [0.15, 0.2) is 48.7 Å². The monoisotopic (exact) mass is 324 g/mol. The second-order valence-corrected chi connectivity index (χ2v) is 6.18. The van der Waals surface area contributed by atoms with E-state index >= 15 is 0 Å². The van der Waals surface area contributed by atoms with Gasteiger partial charge in [0.2, 0.25) is 0 Å². The van der Waals surface area contributed by atoms with Crippen molar-refractivity contribution in [1.29, 1.82) is 0 Å². The smallest absolute Gasteiger partial charge is 0.269 e. The molecule has 1 aromatic carbocycles. The summed E-state index contributed by atoms with van der Waals surface area (Å²) in [5.74, 6) is -0.115. The maximum absolute atomic E-state index is 12.2. The van der Waals surface area contributed by atoms with Crippen LogP contribution < -0.4 is 10.2 Å². The lowest BCUT2D eigenvalue weighted by Gasteiger charge is -2.33. The predicted molar refractivity (Wildman–Crippen MR) is 96.4 cm³/mol. The third kappa shape index (κ3) is 4.32. The Balaban J connectivity index is 1.50. The van der Waals surface area contributed by atoms with Crippen molar-refractivity contribution < 1.29 is 4.79 Å². The molecule has 5 nitrogen and oxygen atoms in total.